The van der Waals surface area contributed by atoms with Crippen LogP contribution in [0.25, 0.3) is 0 Å². The van der Waals surface area contributed by atoms with E-state index in [0.717, 1.165) is 17.7 Å². The van der Waals surface area contributed by atoms with Gasteiger partial charge in [0.1, 0.15) is 5.75 Å². The number of hydrogen-bond donors (Lipinski definition) is 0. The Hall–Kier alpha value is -1.35. The van der Waals surface area contributed by atoms with Gasteiger partial charge in [0.15, 0.2) is 5.78 Å². The van der Waals surface area contributed by atoms with Crippen molar-refractivity contribution >= 4 is 5.78 Å². The first-order valence-electron chi connectivity index (χ1n) is 7.15. The van der Waals surface area contributed by atoms with E-state index in [0.29, 0.717) is 23.8 Å². The van der Waals surface area contributed by atoms with Crippen molar-refractivity contribution in [3.63, 3.8) is 0 Å². The van der Waals surface area contributed by atoms with Gasteiger partial charge in [0.25, 0.3) is 0 Å². The highest BCUT2D eigenvalue weighted by atomic mass is 16.5. The number of methoxy groups -OCH3 is 1. The molecule has 2 bridgehead atoms. The van der Waals surface area contributed by atoms with Gasteiger partial charge in [-0.3, -0.25) is 9.69 Å². The molecule has 0 radical (unpaired) electrons. The maximum absolute atomic E-state index is 12.7. The number of ketones is 1. The number of carbonyl (C=O) groups is 1. The molecule has 19 heavy (non-hydrogen) atoms. The fourth-order valence-corrected chi connectivity index (χ4v) is 4.52. The van der Waals surface area contributed by atoms with Gasteiger partial charge in [0.05, 0.1) is 7.11 Å². The summed E-state index contributed by atoms with van der Waals surface area (Å²) in [5.41, 5.74) is 2.18. The van der Waals surface area contributed by atoms with Crippen molar-refractivity contribution in [1.29, 1.82) is 0 Å². The van der Waals surface area contributed by atoms with Crippen molar-refractivity contribution in [2.45, 2.75) is 37.3 Å². The predicted octanol–water partition coefficient (Wildman–Crippen LogP) is 2.46. The van der Waals surface area contributed by atoms with E-state index < -0.39 is 0 Å². The second-order valence-electron chi connectivity index (χ2n) is 6.15. The SMILES string of the molecule is COc1ccc2c(c1)[C@H]1CC3CCC([C@H]1C2=O)N3C. The standard InChI is InChI=1S/C16H19NO2/c1-17-9-3-6-14(17)15-13(7-9)12-8-10(19-2)4-5-11(12)16(15)18/h4-5,8-9,13-15H,3,6-7H2,1-2H3/t9?,13-,14?,15+/m1/s1. The van der Waals surface area contributed by atoms with E-state index in [1.54, 1.807) is 7.11 Å². The number of nitrogens with zero attached hydrogens (tertiary/aromatic N) is 1. The molecule has 100 valence electrons. The number of ether oxygens (including phenoxy) is 1. The van der Waals surface area contributed by atoms with E-state index in [1.807, 2.05) is 12.1 Å². The first-order chi connectivity index (χ1) is 9.20. The highest BCUT2D eigenvalue weighted by Crippen LogP contribution is 2.52. The van der Waals surface area contributed by atoms with Crippen LogP contribution in [-0.2, 0) is 0 Å². The lowest BCUT2D eigenvalue weighted by atomic mass is 9.80. The minimum absolute atomic E-state index is 0.186. The lowest BCUT2D eigenvalue weighted by molar-refractivity contribution is 0.0697. The van der Waals surface area contributed by atoms with E-state index in [4.69, 9.17) is 4.74 Å². The van der Waals surface area contributed by atoms with Crippen LogP contribution in [0.4, 0.5) is 0 Å². The van der Waals surface area contributed by atoms with E-state index in [1.165, 1.54) is 18.4 Å². The number of hydrogen-bond acceptors (Lipinski definition) is 3. The summed E-state index contributed by atoms with van der Waals surface area (Å²) in [5, 5.41) is 0. The number of piperidine rings is 1. The first-order valence-corrected chi connectivity index (χ1v) is 7.15. The molecule has 2 fully saturated rings. The molecule has 2 aliphatic heterocycles. The third-order valence-electron chi connectivity index (χ3n) is 5.50. The Balaban J connectivity index is 1.81. The van der Waals surface area contributed by atoms with Gasteiger partial charge >= 0.3 is 0 Å². The quantitative estimate of drug-likeness (QED) is 0.774. The molecule has 1 aliphatic carbocycles. The fourth-order valence-electron chi connectivity index (χ4n) is 4.52. The molecule has 0 N–H and O–H groups in total. The van der Waals surface area contributed by atoms with Crippen LogP contribution in [0.5, 0.6) is 5.75 Å². The van der Waals surface area contributed by atoms with Crippen LogP contribution in [0.15, 0.2) is 18.2 Å². The van der Waals surface area contributed by atoms with Crippen molar-refractivity contribution in [3.8, 4) is 5.75 Å². The van der Waals surface area contributed by atoms with Crippen LogP contribution in [0.2, 0.25) is 0 Å². The highest BCUT2D eigenvalue weighted by Gasteiger charge is 2.53. The first kappa shape index (κ1) is 11.5. The Labute approximate surface area is 113 Å². The molecule has 0 saturated carbocycles. The second-order valence-corrected chi connectivity index (χ2v) is 6.15. The van der Waals surface area contributed by atoms with Gasteiger partial charge in [-0.15, -0.1) is 0 Å². The van der Waals surface area contributed by atoms with Crippen LogP contribution in [0.1, 0.15) is 41.1 Å². The monoisotopic (exact) mass is 257 g/mol. The van der Waals surface area contributed by atoms with Gasteiger partial charge in [-0.2, -0.15) is 0 Å². The van der Waals surface area contributed by atoms with Crippen molar-refractivity contribution in [2.24, 2.45) is 5.92 Å². The Morgan fingerprint density at radius 1 is 1.32 bits per heavy atom. The van der Waals surface area contributed by atoms with Crippen LogP contribution in [0.3, 0.4) is 0 Å². The van der Waals surface area contributed by atoms with Gasteiger partial charge in [-0.1, -0.05) is 0 Å². The molecular formula is C16H19NO2. The molecule has 0 amide bonds. The summed E-state index contributed by atoms with van der Waals surface area (Å²) in [5.74, 6) is 1.84. The van der Waals surface area contributed by atoms with Crippen molar-refractivity contribution in [3.05, 3.63) is 29.3 Å². The lowest BCUT2D eigenvalue weighted by Crippen LogP contribution is -2.46. The Kier molecular flexibility index (Phi) is 2.31. The number of carbonyl (C=O) groups excluding carboxylic acids is 1. The molecule has 4 atom stereocenters. The smallest absolute Gasteiger partial charge is 0.168 e. The molecule has 1 aromatic rings. The van der Waals surface area contributed by atoms with Crippen molar-refractivity contribution < 1.29 is 9.53 Å². The summed E-state index contributed by atoms with van der Waals surface area (Å²) < 4.78 is 5.32. The molecule has 2 heterocycles. The topological polar surface area (TPSA) is 29.5 Å². The third kappa shape index (κ3) is 1.39. The second kappa shape index (κ2) is 3.83. The molecule has 3 nitrogen and oxygen atoms in total. The van der Waals surface area contributed by atoms with Gasteiger partial charge in [0, 0.05) is 23.6 Å². The zero-order valence-electron chi connectivity index (χ0n) is 11.4. The van der Waals surface area contributed by atoms with E-state index in [-0.39, 0.29) is 5.92 Å². The average Bonchev–Trinajstić information content (AvgIpc) is 2.83. The molecule has 0 aromatic heterocycles. The molecular weight excluding hydrogens is 238 g/mol. The van der Waals surface area contributed by atoms with Crippen molar-refractivity contribution in [1.82, 2.24) is 4.90 Å². The summed E-state index contributed by atoms with van der Waals surface area (Å²) in [6.45, 7) is 0. The molecule has 2 saturated heterocycles. The summed E-state index contributed by atoms with van der Waals surface area (Å²) in [6, 6.07) is 7.08. The predicted molar refractivity (Wildman–Crippen MR) is 72.7 cm³/mol. The molecule has 3 heteroatoms. The Bertz CT molecular complexity index is 554. The molecule has 3 aliphatic rings. The molecule has 1 aromatic carbocycles. The van der Waals surface area contributed by atoms with E-state index in [9.17, 15) is 4.79 Å². The summed E-state index contributed by atoms with van der Waals surface area (Å²) in [4.78, 5) is 15.1. The Morgan fingerprint density at radius 2 is 2.16 bits per heavy atom. The normalized spacial score (nSPS) is 36.2. The minimum atomic E-state index is 0.186. The van der Waals surface area contributed by atoms with Gasteiger partial charge < -0.3 is 4.74 Å². The largest absolute Gasteiger partial charge is 0.497 e. The van der Waals surface area contributed by atoms with Gasteiger partial charge in [0.2, 0.25) is 0 Å². The zero-order valence-corrected chi connectivity index (χ0v) is 11.4. The molecule has 0 spiro atoms. The number of Topliss-reactive ketones (excluding diaryl/α,β-unsaturated/α-hetero) is 1. The number of fused-ring (bicyclic) bond motifs is 6. The maximum Gasteiger partial charge on any atom is 0.168 e. The van der Waals surface area contributed by atoms with Gasteiger partial charge in [-0.25, -0.2) is 0 Å². The average molecular weight is 257 g/mol. The molecule has 4 rings (SSSR count). The summed E-state index contributed by atoms with van der Waals surface area (Å²) in [7, 11) is 3.88. The zero-order chi connectivity index (χ0) is 13.1. The van der Waals surface area contributed by atoms with Crippen molar-refractivity contribution in [2.75, 3.05) is 14.2 Å². The van der Waals surface area contributed by atoms with Crippen LogP contribution in [0, 0.1) is 5.92 Å². The lowest BCUT2D eigenvalue weighted by Gasteiger charge is -2.39. The fraction of sp³-hybridized carbons (Fsp3) is 0.562. The van der Waals surface area contributed by atoms with E-state index >= 15 is 0 Å². The number of rotatable bonds is 1. The molecule has 2 unspecified atom stereocenters. The van der Waals surface area contributed by atoms with Gasteiger partial charge in [-0.05, 0) is 56.0 Å². The Morgan fingerprint density at radius 3 is 2.95 bits per heavy atom. The van der Waals surface area contributed by atoms with Crippen LogP contribution < -0.4 is 4.74 Å². The van der Waals surface area contributed by atoms with Crippen LogP contribution in [-0.4, -0.2) is 36.9 Å². The van der Waals surface area contributed by atoms with Crippen LogP contribution >= 0.6 is 0 Å². The summed E-state index contributed by atoms with van der Waals surface area (Å²) >= 11 is 0. The number of benzene rings is 1. The maximum atomic E-state index is 12.7. The summed E-state index contributed by atoms with van der Waals surface area (Å²) in [6.07, 6.45) is 3.56. The van der Waals surface area contributed by atoms with E-state index in [2.05, 4.69) is 18.0 Å². The third-order valence-corrected chi connectivity index (χ3v) is 5.50. The minimum Gasteiger partial charge on any atom is -0.497 e. The highest BCUT2D eigenvalue weighted by molar-refractivity contribution is 6.04.